The van der Waals surface area contributed by atoms with Crippen LogP contribution in [0.1, 0.15) is 18.0 Å². The number of hydrogen-bond donors (Lipinski definition) is 1. The number of benzene rings is 1. The van der Waals surface area contributed by atoms with E-state index in [1.54, 1.807) is 0 Å². The molecule has 3 nitrogen and oxygen atoms in total. The lowest BCUT2D eigenvalue weighted by Gasteiger charge is -2.17. The Bertz CT molecular complexity index is 373. The van der Waals surface area contributed by atoms with Crippen LogP contribution in [0, 0.1) is 0 Å². The molecule has 1 aliphatic heterocycles. The van der Waals surface area contributed by atoms with Gasteiger partial charge in [-0.3, -0.25) is 4.99 Å². The summed E-state index contributed by atoms with van der Waals surface area (Å²) in [5.41, 5.74) is 1.86. The normalized spacial score (nSPS) is 21.4. The van der Waals surface area contributed by atoms with E-state index in [0.29, 0.717) is 11.6 Å². The Labute approximate surface area is 100 Å². The standard InChI is InChI=1S/C12H15ClN2O/c1-14-9-3-4-10(11(13)7-9)12-8-16-6-2-5-15-12/h3-4,7,12,15H,1-2,5-6,8H2. The molecule has 0 bridgehead atoms. The lowest BCUT2D eigenvalue weighted by Crippen LogP contribution is -2.23. The molecule has 0 spiro atoms. The summed E-state index contributed by atoms with van der Waals surface area (Å²) in [7, 11) is 0. The zero-order valence-electron chi connectivity index (χ0n) is 9.08. The third-order valence-corrected chi connectivity index (χ3v) is 3.01. The predicted octanol–water partition coefficient (Wildman–Crippen LogP) is 2.72. The second-order valence-electron chi connectivity index (χ2n) is 3.80. The zero-order valence-corrected chi connectivity index (χ0v) is 9.83. The lowest BCUT2D eigenvalue weighted by molar-refractivity contribution is 0.131. The molecule has 1 aromatic carbocycles. The summed E-state index contributed by atoms with van der Waals surface area (Å²) in [5.74, 6) is 0. The molecule has 4 heteroatoms. The number of rotatable bonds is 2. The fourth-order valence-electron chi connectivity index (χ4n) is 1.81. The molecular weight excluding hydrogens is 224 g/mol. The Hall–Kier alpha value is -0.900. The van der Waals surface area contributed by atoms with E-state index in [1.165, 1.54) is 0 Å². The van der Waals surface area contributed by atoms with Crippen molar-refractivity contribution in [3.05, 3.63) is 28.8 Å². The number of nitrogens with one attached hydrogen (secondary N) is 1. The van der Waals surface area contributed by atoms with Gasteiger partial charge < -0.3 is 10.1 Å². The second-order valence-corrected chi connectivity index (χ2v) is 4.21. The summed E-state index contributed by atoms with van der Waals surface area (Å²) in [6, 6.07) is 5.91. The van der Waals surface area contributed by atoms with Gasteiger partial charge in [0.05, 0.1) is 18.3 Å². The van der Waals surface area contributed by atoms with Gasteiger partial charge in [0.25, 0.3) is 0 Å². The average Bonchev–Trinajstić information content (AvgIpc) is 2.57. The number of nitrogens with zero attached hydrogens (tertiary/aromatic N) is 1. The van der Waals surface area contributed by atoms with E-state index in [-0.39, 0.29) is 6.04 Å². The first-order valence-corrected chi connectivity index (χ1v) is 5.76. The van der Waals surface area contributed by atoms with Crippen molar-refractivity contribution >= 4 is 24.0 Å². The first kappa shape index (κ1) is 11.6. The maximum absolute atomic E-state index is 6.21. The van der Waals surface area contributed by atoms with Crippen LogP contribution < -0.4 is 5.32 Å². The van der Waals surface area contributed by atoms with Gasteiger partial charge >= 0.3 is 0 Å². The molecule has 1 saturated heterocycles. The van der Waals surface area contributed by atoms with Gasteiger partial charge in [0.15, 0.2) is 0 Å². The summed E-state index contributed by atoms with van der Waals surface area (Å²) in [5, 5.41) is 4.14. The van der Waals surface area contributed by atoms with Crippen molar-refractivity contribution in [2.24, 2.45) is 4.99 Å². The largest absolute Gasteiger partial charge is 0.379 e. The number of hydrogen-bond acceptors (Lipinski definition) is 3. The Morgan fingerprint density at radius 3 is 3.12 bits per heavy atom. The first-order chi connectivity index (χ1) is 7.81. The quantitative estimate of drug-likeness (QED) is 0.804. The van der Waals surface area contributed by atoms with Crippen LogP contribution in [0.4, 0.5) is 5.69 Å². The maximum Gasteiger partial charge on any atom is 0.0662 e. The molecule has 0 amide bonds. The van der Waals surface area contributed by atoms with Gasteiger partial charge in [0, 0.05) is 11.6 Å². The molecule has 16 heavy (non-hydrogen) atoms. The van der Waals surface area contributed by atoms with Crippen LogP contribution in [-0.4, -0.2) is 26.5 Å². The fourth-order valence-corrected chi connectivity index (χ4v) is 2.11. The molecule has 1 N–H and O–H groups in total. The van der Waals surface area contributed by atoms with Crippen molar-refractivity contribution in [3.8, 4) is 0 Å². The Morgan fingerprint density at radius 1 is 1.50 bits per heavy atom. The van der Waals surface area contributed by atoms with Crippen LogP contribution in [0.5, 0.6) is 0 Å². The second kappa shape index (κ2) is 5.43. The van der Waals surface area contributed by atoms with Gasteiger partial charge in [-0.2, -0.15) is 0 Å². The highest BCUT2D eigenvalue weighted by Gasteiger charge is 2.16. The zero-order chi connectivity index (χ0) is 11.4. The van der Waals surface area contributed by atoms with Crippen LogP contribution in [0.3, 0.4) is 0 Å². The number of ether oxygens (including phenoxy) is 1. The Morgan fingerprint density at radius 2 is 2.38 bits per heavy atom. The molecule has 1 aromatic rings. The summed E-state index contributed by atoms with van der Waals surface area (Å²) in [6.45, 7) is 5.92. The van der Waals surface area contributed by atoms with E-state index in [0.717, 1.165) is 30.8 Å². The van der Waals surface area contributed by atoms with Gasteiger partial charge in [-0.05, 0) is 37.4 Å². The first-order valence-electron chi connectivity index (χ1n) is 5.38. The Kier molecular flexibility index (Phi) is 3.93. The molecule has 86 valence electrons. The highest BCUT2D eigenvalue weighted by atomic mass is 35.5. The van der Waals surface area contributed by atoms with Gasteiger partial charge in [-0.25, -0.2) is 0 Å². The lowest BCUT2D eigenvalue weighted by atomic mass is 10.1. The average molecular weight is 239 g/mol. The van der Waals surface area contributed by atoms with Crippen molar-refractivity contribution in [1.29, 1.82) is 0 Å². The molecule has 0 aliphatic carbocycles. The molecule has 1 aliphatic rings. The van der Waals surface area contributed by atoms with E-state index in [4.69, 9.17) is 16.3 Å². The molecule has 1 fully saturated rings. The molecule has 0 saturated carbocycles. The Balaban J connectivity index is 2.21. The van der Waals surface area contributed by atoms with Crippen LogP contribution in [0.25, 0.3) is 0 Å². The van der Waals surface area contributed by atoms with Gasteiger partial charge in [-0.15, -0.1) is 0 Å². The fraction of sp³-hybridized carbons (Fsp3) is 0.417. The van der Waals surface area contributed by atoms with Crippen LogP contribution >= 0.6 is 11.6 Å². The van der Waals surface area contributed by atoms with Crippen LogP contribution in [-0.2, 0) is 4.74 Å². The van der Waals surface area contributed by atoms with Gasteiger partial charge in [0.2, 0.25) is 0 Å². The monoisotopic (exact) mass is 238 g/mol. The smallest absolute Gasteiger partial charge is 0.0662 e. The molecule has 2 rings (SSSR count). The third-order valence-electron chi connectivity index (χ3n) is 2.68. The van der Waals surface area contributed by atoms with E-state index >= 15 is 0 Å². The van der Waals surface area contributed by atoms with Crippen LogP contribution in [0.2, 0.25) is 5.02 Å². The van der Waals surface area contributed by atoms with Crippen molar-refractivity contribution < 1.29 is 4.74 Å². The molecule has 1 atom stereocenters. The summed E-state index contributed by atoms with van der Waals surface area (Å²) >= 11 is 6.21. The molecule has 0 radical (unpaired) electrons. The summed E-state index contributed by atoms with van der Waals surface area (Å²) < 4.78 is 5.52. The molecule has 1 heterocycles. The number of halogens is 1. The van der Waals surface area contributed by atoms with E-state index in [9.17, 15) is 0 Å². The maximum atomic E-state index is 6.21. The van der Waals surface area contributed by atoms with Crippen LogP contribution in [0.15, 0.2) is 23.2 Å². The minimum absolute atomic E-state index is 0.175. The third kappa shape index (κ3) is 2.61. The molecule has 0 aromatic heterocycles. The predicted molar refractivity (Wildman–Crippen MR) is 66.8 cm³/mol. The van der Waals surface area contributed by atoms with E-state index in [2.05, 4.69) is 17.0 Å². The van der Waals surface area contributed by atoms with Gasteiger partial charge in [0.1, 0.15) is 0 Å². The van der Waals surface area contributed by atoms with Crippen molar-refractivity contribution in [2.75, 3.05) is 19.8 Å². The van der Waals surface area contributed by atoms with Gasteiger partial charge in [-0.1, -0.05) is 17.7 Å². The topological polar surface area (TPSA) is 33.6 Å². The van der Waals surface area contributed by atoms with Crippen molar-refractivity contribution in [3.63, 3.8) is 0 Å². The van der Waals surface area contributed by atoms with Crippen molar-refractivity contribution in [1.82, 2.24) is 5.32 Å². The highest BCUT2D eigenvalue weighted by molar-refractivity contribution is 6.31. The summed E-state index contributed by atoms with van der Waals surface area (Å²) in [6.07, 6.45) is 1.04. The van der Waals surface area contributed by atoms with E-state index in [1.807, 2.05) is 18.2 Å². The SMILES string of the molecule is C=Nc1ccc(C2COCCCN2)c(Cl)c1. The molecule has 1 unspecified atom stereocenters. The van der Waals surface area contributed by atoms with E-state index < -0.39 is 0 Å². The minimum Gasteiger partial charge on any atom is -0.379 e. The molecular formula is C12H15ClN2O. The summed E-state index contributed by atoms with van der Waals surface area (Å²) in [4.78, 5) is 3.85. The minimum atomic E-state index is 0.175. The van der Waals surface area contributed by atoms with Crippen molar-refractivity contribution in [2.45, 2.75) is 12.5 Å². The number of aliphatic imine (C=N–C) groups is 1. The highest BCUT2D eigenvalue weighted by Crippen LogP contribution is 2.28.